The summed E-state index contributed by atoms with van der Waals surface area (Å²) < 4.78 is 0. The van der Waals surface area contributed by atoms with E-state index in [-0.39, 0.29) is 30.3 Å². The molecule has 1 aliphatic heterocycles. The lowest BCUT2D eigenvalue weighted by molar-refractivity contribution is -0.134. The Morgan fingerprint density at radius 3 is 2.45 bits per heavy atom. The molecular weight excluding hydrogens is 278 g/mol. The first-order valence-electron chi connectivity index (χ1n) is 7.38. The van der Waals surface area contributed by atoms with Crippen molar-refractivity contribution in [1.29, 1.82) is 0 Å². The van der Waals surface area contributed by atoms with Crippen molar-refractivity contribution in [3.8, 4) is 0 Å². The molecule has 0 aromatic heterocycles. The van der Waals surface area contributed by atoms with Crippen molar-refractivity contribution in [2.75, 3.05) is 32.7 Å². The Kier molecular flexibility index (Phi) is 9.59. The molecule has 0 spiro atoms. The molecule has 0 aromatic carbocycles. The first kappa shape index (κ1) is 19.2. The van der Waals surface area contributed by atoms with Crippen LogP contribution in [0.15, 0.2) is 0 Å². The molecule has 1 aliphatic rings. The predicted molar refractivity (Wildman–Crippen MR) is 83.1 cm³/mol. The number of hydrogen-bond donors (Lipinski definition) is 1. The van der Waals surface area contributed by atoms with E-state index in [1.165, 1.54) is 0 Å². The van der Waals surface area contributed by atoms with Crippen molar-refractivity contribution in [3.05, 3.63) is 0 Å². The summed E-state index contributed by atoms with van der Waals surface area (Å²) in [7, 11) is 0. The number of amides is 2. The molecule has 0 saturated carbocycles. The van der Waals surface area contributed by atoms with E-state index in [1.807, 2.05) is 23.6 Å². The topological polar surface area (TPSA) is 52.7 Å². The largest absolute Gasteiger partial charge is 0.343 e. The molecule has 0 aromatic rings. The second-order valence-corrected chi connectivity index (χ2v) is 5.06. The van der Waals surface area contributed by atoms with Crippen LogP contribution in [-0.2, 0) is 9.59 Å². The highest BCUT2D eigenvalue weighted by Crippen LogP contribution is 2.08. The van der Waals surface area contributed by atoms with Gasteiger partial charge in [-0.05, 0) is 27.2 Å². The van der Waals surface area contributed by atoms with Crippen molar-refractivity contribution in [2.45, 2.75) is 46.1 Å². The lowest BCUT2D eigenvalue weighted by atomic mass is 10.1. The molecule has 0 aliphatic carbocycles. The maximum absolute atomic E-state index is 12.1. The Morgan fingerprint density at radius 1 is 1.25 bits per heavy atom. The number of nitrogens with zero attached hydrogens (tertiary/aromatic N) is 2. The molecule has 118 valence electrons. The number of carbonyl (C=O) groups excluding carboxylic acids is 2. The normalized spacial score (nSPS) is 18.4. The smallest absolute Gasteiger partial charge is 0.222 e. The molecule has 1 saturated heterocycles. The number of hydrogen-bond acceptors (Lipinski definition) is 3. The number of piperazine rings is 1. The molecule has 1 unspecified atom stereocenters. The van der Waals surface area contributed by atoms with Crippen LogP contribution in [0.1, 0.15) is 40.0 Å². The van der Waals surface area contributed by atoms with Gasteiger partial charge in [0.15, 0.2) is 0 Å². The van der Waals surface area contributed by atoms with Crippen LogP contribution in [0.5, 0.6) is 0 Å². The molecule has 0 bridgehead atoms. The van der Waals surface area contributed by atoms with Gasteiger partial charge < -0.3 is 15.1 Å². The van der Waals surface area contributed by atoms with Gasteiger partial charge in [0.1, 0.15) is 0 Å². The van der Waals surface area contributed by atoms with Gasteiger partial charge in [0.05, 0.1) is 0 Å². The number of rotatable bonds is 6. The van der Waals surface area contributed by atoms with Crippen LogP contribution < -0.4 is 5.32 Å². The summed E-state index contributed by atoms with van der Waals surface area (Å²) in [4.78, 5) is 27.6. The quantitative estimate of drug-likeness (QED) is 0.804. The number of halogens is 1. The minimum Gasteiger partial charge on any atom is -0.343 e. The van der Waals surface area contributed by atoms with E-state index < -0.39 is 0 Å². The lowest BCUT2D eigenvalue weighted by Crippen LogP contribution is -2.52. The first-order valence-corrected chi connectivity index (χ1v) is 7.38. The molecule has 2 amide bonds. The molecular formula is C14H28ClN3O2. The fraction of sp³-hybridized carbons (Fsp3) is 0.857. The van der Waals surface area contributed by atoms with Gasteiger partial charge in [0, 0.05) is 51.6 Å². The zero-order chi connectivity index (χ0) is 14.3. The van der Waals surface area contributed by atoms with Gasteiger partial charge in [-0.25, -0.2) is 0 Å². The third-order valence-corrected chi connectivity index (χ3v) is 3.72. The van der Waals surface area contributed by atoms with E-state index >= 15 is 0 Å². The third kappa shape index (κ3) is 5.67. The summed E-state index contributed by atoms with van der Waals surface area (Å²) in [6, 6.07) is 0.264. The van der Waals surface area contributed by atoms with E-state index in [0.29, 0.717) is 19.3 Å². The molecule has 5 nitrogen and oxygen atoms in total. The Bertz CT molecular complexity index is 309. The maximum atomic E-state index is 12.1. The summed E-state index contributed by atoms with van der Waals surface area (Å²) in [5, 5.41) is 3.27. The number of carbonyl (C=O) groups is 2. The SMILES string of the molecule is CCN(CC)C(=O)CCCC(=O)N1CCNCC1C.Cl. The Hall–Kier alpha value is -0.810. The second-order valence-electron chi connectivity index (χ2n) is 5.06. The summed E-state index contributed by atoms with van der Waals surface area (Å²) in [5.41, 5.74) is 0. The first-order chi connectivity index (χ1) is 9.10. The summed E-state index contributed by atoms with van der Waals surface area (Å²) in [5.74, 6) is 0.340. The van der Waals surface area contributed by atoms with Crippen LogP contribution in [0.25, 0.3) is 0 Å². The maximum Gasteiger partial charge on any atom is 0.222 e. The fourth-order valence-corrected chi connectivity index (χ4v) is 2.48. The van der Waals surface area contributed by atoms with Gasteiger partial charge in [0.25, 0.3) is 0 Å². The standard InChI is InChI=1S/C14H27N3O2.ClH/c1-4-16(5-2)13(18)7-6-8-14(19)17-10-9-15-11-12(17)3;/h12,15H,4-11H2,1-3H3;1H. The monoisotopic (exact) mass is 305 g/mol. The van der Waals surface area contributed by atoms with Crippen molar-refractivity contribution < 1.29 is 9.59 Å². The zero-order valence-electron chi connectivity index (χ0n) is 12.9. The third-order valence-electron chi connectivity index (χ3n) is 3.72. The van der Waals surface area contributed by atoms with E-state index in [1.54, 1.807) is 0 Å². The van der Waals surface area contributed by atoms with Crippen LogP contribution in [-0.4, -0.2) is 60.4 Å². The van der Waals surface area contributed by atoms with Crippen LogP contribution >= 0.6 is 12.4 Å². The molecule has 1 N–H and O–H groups in total. The molecule has 1 heterocycles. The fourth-order valence-electron chi connectivity index (χ4n) is 2.48. The highest BCUT2D eigenvalue weighted by molar-refractivity contribution is 5.85. The van der Waals surface area contributed by atoms with E-state index in [0.717, 1.165) is 32.7 Å². The zero-order valence-corrected chi connectivity index (χ0v) is 13.7. The molecule has 20 heavy (non-hydrogen) atoms. The van der Waals surface area contributed by atoms with Gasteiger partial charge in [-0.1, -0.05) is 0 Å². The minimum atomic E-state index is 0. The average Bonchev–Trinajstić information content (AvgIpc) is 2.40. The van der Waals surface area contributed by atoms with Crippen LogP contribution in [0.4, 0.5) is 0 Å². The van der Waals surface area contributed by atoms with Gasteiger partial charge in [-0.15, -0.1) is 12.4 Å². The van der Waals surface area contributed by atoms with Gasteiger partial charge >= 0.3 is 0 Å². The van der Waals surface area contributed by atoms with E-state index in [9.17, 15) is 9.59 Å². The molecule has 1 rings (SSSR count). The van der Waals surface area contributed by atoms with Crippen molar-refractivity contribution in [1.82, 2.24) is 15.1 Å². The van der Waals surface area contributed by atoms with Crippen LogP contribution in [0.2, 0.25) is 0 Å². The van der Waals surface area contributed by atoms with Gasteiger partial charge in [0.2, 0.25) is 11.8 Å². The predicted octanol–water partition coefficient (Wildman–Crippen LogP) is 1.27. The highest BCUT2D eigenvalue weighted by atomic mass is 35.5. The Labute approximate surface area is 128 Å². The van der Waals surface area contributed by atoms with Crippen molar-refractivity contribution in [2.24, 2.45) is 0 Å². The molecule has 1 fully saturated rings. The number of nitrogens with one attached hydrogen (secondary N) is 1. The Morgan fingerprint density at radius 2 is 1.90 bits per heavy atom. The summed E-state index contributed by atoms with van der Waals surface area (Å²) in [6.07, 6.45) is 1.62. The Balaban J connectivity index is 0.00000361. The average molecular weight is 306 g/mol. The summed E-state index contributed by atoms with van der Waals surface area (Å²) in [6.45, 7) is 10.0. The molecule has 6 heteroatoms. The van der Waals surface area contributed by atoms with Gasteiger partial charge in [-0.2, -0.15) is 0 Å². The van der Waals surface area contributed by atoms with Crippen LogP contribution in [0, 0.1) is 0 Å². The van der Waals surface area contributed by atoms with Gasteiger partial charge in [-0.3, -0.25) is 9.59 Å². The second kappa shape index (κ2) is 10.00. The molecule has 0 radical (unpaired) electrons. The van der Waals surface area contributed by atoms with Crippen LogP contribution in [0.3, 0.4) is 0 Å². The molecule has 1 atom stereocenters. The lowest BCUT2D eigenvalue weighted by Gasteiger charge is -2.34. The van der Waals surface area contributed by atoms with Crippen molar-refractivity contribution >= 4 is 24.2 Å². The van der Waals surface area contributed by atoms with E-state index in [2.05, 4.69) is 12.2 Å². The van der Waals surface area contributed by atoms with E-state index in [4.69, 9.17) is 0 Å². The van der Waals surface area contributed by atoms with Crippen molar-refractivity contribution in [3.63, 3.8) is 0 Å². The minimum absolute atomic E-state index is 0. The summed E-state index contributed by atoms with van der Waals surface area (Å²) >= 11 is 0. The highest BCUT2D eigenvalue weighted by Gasteiger charge is 2.22.